The average Bonchev–Trinajstić information content (AvgIpc) is 2.54. The van der Waals surface area contributed by atoms with Crippen LogP contribution in [0.5, 0.6) is 5.75 Å². The molecule has 2 rings (SSSR count). The van der Waals surface area contributed by atoms with Gasteiger partial charge in [-0.25, -0.2) is 0 Å². The van der Waals surface area contributed by atoms with Gasteiger partial charge in [0.15, 0.2) is 0 Å². The number of carbonyl (C=O) groups excluding carboxylic acids is 1. The van der Waals surface area contributed by atoms with Crippen molar-refractivity contribution in [3.05, 3.63) is 71.8 Å². The Morgan fingerprint density at radius 2 is 1.76 bits per heavy atom. The minimum Gasteiger partial charge on any atom is -0.497 e. The molecule has 0 aliphatic heterocycles. The summed E-state index contributed by atoms with van der Waals surface area (Å²) in [4.78, 5) is 13.7. The van der Waals surface area contributed by atoms with Gasteiger partial charge < -0.3 is 9.64 Å². The molecule has 0 aromatic heterocycles. The molecular formula is C18H19NO2. The van der Waals surface area contributed by atoms with Gasteiger partial charge in [0, 0.05) is 19.7 Å². The van der Waals surface area contributed by atoms with Gasteiger partial charge in [0.2, 0.25) is 5.91 Å². The molecule has 1 amide bonds. The normalized spacial score (nSPS) is 10.6. The molecule has 0 unspecified atom stereocenters. The third-order valence-electron chi connectivity index (χ3n) is 3.17. The number of benzene rings is 2. The Labute approximate surface area is 125 Å². The predicted octanol–water partition coefficient (Wildman–Crippen LogP) is 3.37. The van der Waals surface area contributed by atoms with Gasteiger partial charge in [0.25, 0.3) is 0 Å². The second-order valence-electron chi connectivity index (χ2n) is 4.79. The number of hydrogen-bond donors (Lipinski definition) is 0. The summed E-state index contributed by atoms with van der Waals surface area (Å²) in [6.07, 6.45) is 3.40. The molecule has 21 heavy (non-hydrogen) atoms. The first-order chi connectivity index (χ1) is 10.2. The van der Waals surface area contributed by atoms with Crippen LogP contribution in [0.4, 0.5) is 0 Å². The molecule has 108 valence electrons. The third kappa shape index (κ3) is 4.49. The molecule has 0 atom stereocenters. The molecule has 0 saturated heterocycles. The van der Waals surface area contributed by atoms with Crippen LogP contribution in [-0.4, -0.2) is 25.0 Å². The summed E-state index contributed by atoms with van der Waals surface area (Å²) < 4.78 is 5.10. The number of hydrogen-bond acceptors (Lipinski definition) is 2. The van der Waals surface area contributed by atoms with Crippen LogP contribution in [0, 0.1) is 0 Å². The summed E-state index contributed by atoms with van der Waals surface area (Å²) in [6.45, 7) is 0.604. The van der Waals surface area contributed by atoms with E-state index in [2.05, 4.69) is 0 Å². The van der Waals surface area contributed by atoms with E-state index in [1.165, 1.54) is 0 Å². The van der Waals surface area contributed by atoms with E-state index in [0.29, 0.717) is 6.54 Å². The van der Waals surface area contributed by atoms with Crippen LogP contribution in [0.25, 0.3) is 6.08 Å². The highest BCUT2D eigenvalue weighted by Crippen LogP contribution is 2.12. The predicted molar refractivity (Wildman–Crippen MR) is 84.9 cm³/mol. The van der Waals surface area contributed by atoms with E-state index in [0.717, 1.165) is 16.9 Å². The quantitative estimate of drug-likeness (QED) is 0.786. The molecule has 0 fully saturated rings. The molecule has 2 aromatic carbocycles. The number of rotatable bonds is 5. The van der Waals surface area contributed by atoms with Gasteiger partial charge >= 0.3 is 0 Å². The second-order valence-corrected chi connectivity index (χ2v) is 4.79. The zero-order chi connectivity index (χ0) is 15.1. The van der Waals surface area contributed by atoms with E-state index in [1.807, 2.05) is 60.7 Å². The van der Waals surface area contributed by atoms with Crippen molar-refractivity contribution in [1.29, 1.82) is 0 Å². The molecule has 0 heterocycles. The Hall–Kier alpha value is -2.55. The van der Waals surface area contributed by atoms with Crippen molar-refractivity contribution in [2.75, 3.05) is 14.2 Å². The fourth-order valence-corrected chi connectivity index (χ4v) is 1.94. The van der Waals surface area contributed by atoms with Gasteiger partial charge in [0.1, 0.15) is 5.75 Å². The van der Waals surface area contributed by atoms with Crippen molar-refractivity contribution in [1.82, 2.24) is 4.90 Å². The summed E-state index contributed by atoms with van der Waals surface area (Å²) in [5, 5.41) is 0. The molecule has 0 aliphatic rings. The van der Waals surface area contributed by atoms with Crippen LogP contribution in [0.3, 0.4) is 0 Å². The SMILES string of the molecule is COc1ccc(C=CC(=O)N(C)Cc2ccccc2)cc1. The molecule has 0 N–H and O–H groups in total. The number of likely N-dealkylation sites (N-methyl/N-ethyl adjacent to an activating group) is 1. The minimum atomic E-state index is -0.0188. The first-order valence-electron chi connectivity index (χ1n) is 6.80. The maximum absolute atomic E-state index is 12.1. The Kier molecular flexibility index (Phi) is 5.16. The maximum atomic E-state index is 12.1. The molecule has 0 radical (unpaired) electrons. The molecule has 0 saturated carbocycles. The fraction of sp³-hybridized carbons (Fsp3) is 0.167. The third-order valence-corrected chi connectivity index (χ3v) is 3.17. The van der Waals surface area contributed by atoms with Crippen molar-refractivity contribution in [3.63, 3.8) is 0 Å². The monoisotopic (exact) mass is 281 g/mol. The summed E-state index contributed by atoms with van der Waals surface area (Å²) in [6, 6.07) is 17.5. The minimum absolute atomic E-state index is 0.0188. The number of ether oxygens (including phenoxy) is 1. The van der Waals surface area contributed by atoms with E-state index in [4.69, 9.17) is 4.74 Å². The lowest BCUT2D eigenvalue weighted by Crippen LogP contribution is -2.23. The van der Waals surface area contributed by atoms with Gasteiger partial charge in [-0.15, -0.1) is 0 Å². The summed E-state index contributed by atoms with van der Waals surface area (Å²) in [7, 11) is 3.43. The number of carbonyl (C=O) groups is 1. The van der Waals surface area contributed by atoms with Crippen LogP contribution in [0.1, 0.15) is 11.1 Å². The van der Waals surface area contributed by atoms with Crippen molar-refractivity contribution in [3.8, 4) is 5.75 Å². The zero-order valence-corrected chi connectivity index (χ0v) is 12.3. The maximum Gasteiger partial charge on any atom is 0.246 e. The van der Waals surface area contributed by atoms with Crippen LogP contribution in [-0.2, 0) is 11.3 Å². The highest BCUT2D eigenvalue weighted by molar-refractivity contribution is 5.91. The van der Waals surface area contributed by atoms with Crippen molar-refractivity contribution in [2.45, 2.75) is 6.54 Å². The molecule has 0 aliphatic carbocycles. The lowest BCUT2D eigenvalue weighted by atomic mass is 10.2. The highest BCUT2D eigenvalue weighted by Gasteiger charge is 2.05. The first kappa shape index (κ1) is 14.9. The number of amides is 1. The van der Waals surface area contributed by atoms with E-state index in [9.17, 15) is 4.79 Å². The van der Waals surface area contributed by atoms with Crippen LogP contribution in [0.2, 0.25) is 0 Å². The average molecular weight is 281 g/mol. The van der Waals surface area contributed by atoms with Crippen LogP contribution < -0.4 is 4.74 Å². The first-order valence-corrected chi connectivity index (χ1v) is 6.80. The molecular weight excluding hydrogens is 262 g/mol. The number of methoxy groups -OCH3 is 1. The fourth-order valence-electron chi connectivity index (χ4n) is 1.94. The van der Waals surface area contributed by atoms with Gasteiger partial charge in [-0.1, -0.05) is 42.5 Å². The highest BCUT2D eigenvalue weighted by atomic mass is 16.5. The molecule has 3 heteroatoms. The van der Waals surface area contributed by atoms with Gasteiger partial charge in [-0.2, -0.15) is 0 Å². The topological polar surface area (TPSA) is 29.5 Å². The summed E-state index contributed by atoms with van der Waals surface area (Å²) >= 11 is 0. The number of nitrogens with zero attached hydrogens (tertiary/aromatic N) is 1. The smallest absolute Gasteiger partial charge is 0.246 e. The molecule has 3 nitrogen and oxygen atoms in total. The van der Waals surface area contributed by atoms with Crippen molar-refractivity contribution < 1.29 is 9.53 Å². The van der Waals surface area contributed by atoms with Gasteiger partial charge in [-0.05, 0) is 29.3 Å². The Bertz CT molecular complexity index is 603. The molecule has 0 bridgehead atoms. The van der Waals surface area contributed by atoms with Crippen LogP contribution >= 0.6 is 0 Å². The van der Waals surface area contributed by atoms with Gasteiger partial charge in [-0.3, -0.25) is 4.79 Å². The van der Waals surface area contributed by atoms with E-state index >= 15 is 0 Å². The van der Waals surface area contributed by atoms with E-state index < -0.39 is 0 Å². The van der Waals surface area contributed by atoms with Crippen molar-refractivity contribution >= 4 is 12.0 Å². The van der Waals surface area contributed by atoms with E-state index in [-0.39, 0.29) is 5.91 Å². The van der Waals surface area contributed by atoms with Crippen molar-refractivity contribution in [2.24, 2.45) is 0 Å². The second kappa shape index (κ2) is 7.29. The van der Waals surface area contributed by atoms with Gasteiger partial charge in [0.05, 0.1) is 7.11 Å². The molecule has 0 spiro atoms. The Morgan fingerprint density at radius 1 is 1.10 bits per heavy atom. The zero-order valence-electron chi connectivity index (χ0n) is 12.3. The Morgan fingerprint density at radius 3 is 2.38 bits per heavy atom. The van der Waals surface area contributed by atoms with E-state index in [1.54, 1.807) is 25.1 Å². The summed E-state index contributed by atoms with van der Waals surface area (Å²) in [5.41, 5.74) is 2.09. The lowest BCUT2D eigenvalue weighted by Gasteiger charge is -2.15. The lowest BCUT2D eigenvalue weighted by molar-refractivity contribution is -0.125. The summed E-state index contributed by atoms with van der Waals surface area (Å²) in [5.74, 6) is 0.786. The molecule has 2 aromatic rings. The largest absolute Gasteiger partial charge is 0.497 e. The van der Waals surface area contributed by atoms with Crippen LogP contribution in [0.15, 0.2) is 60.7 Å². The Balaban J connectivity index is 1.94. The standard InChI is InChI=1S/C18H19NO2/c1-19(14-16-6-4-3-5-7-16)18(20)13-10-15-8-11-17(21-2)12-9-15/h3-13H,14H2,1-2H3.